The summed E-state index contributed by atoms with van der Waals surface area (Å²) >= 11 is 6.02. The Kier molecular flexibility index (Phi) is 3.55. The summed E-state index contributed by atoms with van der Waals surface area (Å²) in [7, 11) is -3.87. The minimum Gasteiger partial charge on any atom is -0.368 e. The number of rotatable bonds is 3. The largest absolute Gasteiger partial charge is 0.368 e. The summed E-state index contributed by atoms with van der Waals surface area (Å²) < 4.78 is 27.2. The standard InChI is InChI=1S/C13H10ClN5O2S/c14-9-4-8-2-1-3-16-12(8)11(5-9)19-22(20,21)10-6-17-13(15)18-7-10/h1-7,19H,(H2,15,17,18). The van der Waals surface area contributed by atoms with Crippen LogP contribution in [0.25, 0.3) is 10.9 Å². The highest BCUT2D eigenvalue weighted by Gasteiger charge is 2.17. The van der Waals surface area contributed by atoms with Crippen LogP contribution in [0, 0.1) is 0 Å². The highest BCUT2D eigenvalue weighted by atomic mass is 35.5. The highest BCUT2D eigenvalue weighted by Crippen LogP contribution is 2.28. The first-order valence-electron chi connectivity index (χ1n) is 6.10. The van der Waals surface area contributed by atoms with Gasteiger partial charge in [-0.25, -0.2) is 18.4 Å². The van der Waals surface area contributed by atoms with Gasteiger partial charge in [-0.05, 0) is 18.2 Å². The van der Waals surface area contributed by atoms with Crippen molar-refractivity contribution in [2.75, 3.05) is 10.5 Å². The maximum atomic E-state index is 12.4. The van der Waals surface area contributed by atoms with Crippen LogP contribution >= 0.6 is 11.6 Å². The second-order valence-electron chi connectivity index (χ2n) is 4.41. The van der Waals surface area contributed by atoms with E-state index in [2.05, 4.69) is 19.7 Å². The van der Waals surface area contributed by atoms with Gasteiger partial charge in [0.2, 0.25) is 5.95 Å². The van der Waals surface area contributed by atoms with Crippen molar-refractivity contribution in [1.82, 2.24) is 15.0 Å². The fourth-order valence-electron chi connectivity index (χ4n) is 1.90. The molecule has 3 N–H and O–H groups in total. The lowest BCUT2D eigenvalue weighted by molar-refractivity contribution is 0.600. The molecular weight excluding hydrogens is 326 g/mol. The van der Waals surface area contributed by atoms with Gasteiger partial charge in [0.25, 0.3) is 10.0 Å². The highest BCUT2D eigenvalue weighted by molar-refractivity contribution is 7.92. The molecule has 7 nitrogen and oxygen atoms in total. The number of benzene rings is 1. The maximum absolute atomic E-state index is 12.4. The third-order valence-electron chi connectivity index (χ3n) is 2.87. The van der Waals surface area contributed by atoms with Gasteiger partial charge in [0.15, 0.2) is 0 Å². The van der Waals surface area contributed by atoms with Gasteiger partial charge in [-0.3, -0.25) is 9.71 Å². The van der Waals surface area contributed by atoms with Crippen molar-refractivity contribution in [3.8, 4) is 0 Å². The van der Waals surface area contributed by atoms with Crippen molar-refractivity contribution in [3.05, 3.63) is 47.9 Å². The first-order valence-corrected chi connectivity index (χ1v) is 7.96. The van der Waals surface area contributed by atoms with Crippen molar-refractivity contribution in [3.63, 3.8) is 0 Å². The number of halogens is 1. The summed E-state index contributed by atoms with van der Waals surface area (Å²) in [6, 6.07) is 6.73. The first kappa shape index (κ1) is 14.5. The van der Waals surface area contributed by atoms with Gasteiger partial charge in [0, 0.05) is 16.6 Å². The smallest absolute Gasteiger partial charge is 0.265 e. The summed E-state index contributed by atoms with van der Waals surface area (Å²) in [6.45, 7) is 0. The molecule has 0 aliphatic rings. The molecule has 0 unspecified atom stereocenters. The monoisotopic (exact) mass is 335 g/mol. The Labute approximate surface area is 131 Å². The molecule has 0 bridgehead atoms. The van der Waals surface area contributed by atoms with Crippen molar-refractivity contribution in [1.29, 1.82) is 0 Å². The molecule has 0 amide bonds. The molecule has 9 heteroatoms. The number of nitrogens with zero attached hydrogens (tertiary/aromatic N) is 3. The summed E-state index contributed by atoms with van der Waals surface area (Å²) in [5.41, 5.74) is 6.12. The van der Waals surface area contributed by atoms with E-state index in [1.54, 1.807) is 24.4 Å². The molecule has 2 aromatic heterocycles. The topological polar surface area (TPSA) is 111 Å². The average molecular weight is 336 g/mol. The SMILES string of the molecule is Nc1ncc(S(=O)(=O)Nc2cc(Cl)cc3cccnc23)cn1. The van der Waals surface area contributed by atoms with E-state index in [1.807, 2.05) is 0 Å². The molecule has 0 atom stereocenters. The molecule has 0 spiro atoms. The normalized spacial score (nSPS) is 11.5. The van der Waals surface area contributed by atoms with Gasteiger partial charge < -0.3 is 5.73 Å². The lowest BCUT2D eigenvalue weighted by atomic mass is 10.2. The van der Waals surface area contributed by atoms with E-state index in [1.165, 1.54) is 6.07 Å². The van der Waals surface area contributed by atoms with Gasteiger partial charge in [0.1, 0.15) is 4.90 Å². The predicted molar refractivity (Wildman–Crippen MR) is 84.0 cm³/mol. The van der Waals surface area contributed by atoms with Crippen LogP contribution in [0.5, 0.6) is 0 Å². The molecular formula is C13H10ClN5O2S. The Morgan fingerprint density at radius 1 is 1.14 bits per heavy atom. The third kappa shape index (κ3) is 2.78. The Balaban J connectivity index is 2.07. The minimum absolute atomic E-state index is 0.00572. The van der Waals surface area contributed by atoms with E-state index in [9.17, 15) is 8.42 Å². The molecule has 3 aromatic rings. The zero-order valence-electron chi connectivity index (χ0n) is 11.1. The number of sulfonamides is 1. The Hall–Kier alpha value is -2.45. The molecule has 3 rings (SSSR count). The number of anilines is 2. The number of fused-ring (bicyclic) bond motifs is 1. The molecule has 2 heterocycles. The van der Waals surface area contributed by atoms with Crippen molar-refractivity contribution in [2.45, 2.75) is 4.90 Å². The van der Waals surface area contributed by atoms with Gasteiger partial charge in [0.05, 0.1) is 23.6 Å². The van der Waals surface area contributed by atoms with Gasteiger partial charge in [-0.15, -0.1) is 0 Å². The zero-order valence-corrected chi connectivity index (χ0v) is 12.6. The molecule has 0 aliphatic heterocycles. The van der Waals surface area contributed by atoms with Gasteiger partial charge >= 0.3 is 0 Å². The number of nitrogens with two attached hydrogens (primary N) is 1. The van der Waals surface area contributed by atoms with Crippen molar-refractivity contribution in [2.24, 2.45) is 0 Å². The van der Waals surface area contributed by atoms with E-state index in [0.717, 1.165) is 17.8 Å². The lowest BCUT2D eigenvalue weighted by Crippen LogP contribution is -2.14. The number of pyridine rings is 1. The summed E-state index contributed by atoms with van der Waals surface area (Å²) in [6.07, 6.45) is 3.83. The van der Waals surface area contributed by atoms with E-state index in [0.29, 0.717) is 10.5 Å². The van der Waals surface area contributed by atoms with Crippen LogP contribution in [0.3, 0.4) is 0 Å². The van der Waals surface area contributed by atoms with Crippen LogP contribution in [0.15, 0.2) is 47.8 Å². The second kappa shape index (κ2) is 5.39. The minimum atomic E-state index is -3.87. The van der Waals surface area contributed by atoms with Crippen LogP contribution in [0.2, 0.25) is 5.02 Å². The summed E-state index contributed by atoms with van der Waals surface area (Å²) in [5, 5.41) is 1.12. The molecule has 0 fully saturated rings. The van der Waals surface area contributed by atoms with E-state index in [4.69, 9.17) is 17.3 Å². The Bertz CT molecular complexity index is 944. The number of nitrogen functional groups attached to an aromatic ring is 1. The summed E-state index contributed by atoms with van der Waals surface area (Å²) in [4.78, 5) is 11.4. The van der Waals surface area contributed by atoms with Crippen LogP contribution in [-0.4, -0.2) is 23.4 Å². The number of aromatic nitrogens is 3. The molecule has 22 heavy (non-hydrogen) atoms. The summed E-state index contributed by atoms with van der Waals surface area (Å²) in [5.74, 6) is -0.00572. The molecule has 112 valence electrons. The molecule has 0 saturated carbocycles. The third-order valence-corrected chi connectivity index (χ3v) is 4.41. The van der Waals surface area contributed by atoms with Gasteiger partial charge in [-0.1, -0.05) is 17.7 Å². The van der Waals surface area contributed by atoms with Crippen molar-refractivity contribution >= 4 is 44.2 Å². The predicted octanol–water partition coefficient (Wildman–Crippen LogP) is 2.06. The molecule has 0 saturated heterocycles. The van der Waals surface area contributed by atoms with Crippen molar-refractivity contribution < 1.29 is 8.42 Å². The number of hydrogen-bond donors (Lipinski definition) is 2. The maximum Gasteiger partial charge on any atom is 0.265 e. The Morgan fingerprint density at radius 3 is 2.59 bits per heavy atom. The van der Waals surface area contributed by atoms with E-state index >= 15 is 0 Å². The fraction of sp³-hybridized carbons (Fsp3) is 0. The quantitative estimate of drug-likeness (QED) is 0.757. The van der Waals surface area contributed by atoms with Gasteiger partial charge in [-0.2, -0.15) is 0 Å². The Morgan fingerprint density at radius 2 is 1.86 bits per heavy atom. The van der Waals surface area contributed by atoms with E-state index < -0.39 is 10.0 Å². The van der Waals surface area contributed by atoms with Crippen LogP contribution in [-0.2, 0) is 10.0 Å². The number of hydrogen-bond acceptors (Lipinski definition) is 6. The molecule has 0 radical (unpaired) electrons. The average Bonchev–Trinajstić information content (AvgIpc) is 2.47. The molecule has 0 aliphatic carbocycles. The zero-order chi connectivity index (χ0) is 15.7. The second-order valence-corrected chi connectivity index (χ2v) is 6.53. The first-order chi connectivity index (χ1) is 10.5. The van der Waals surface area contributed by atoms with Crippen LogP contribution in [0.1, 0.15) is 0 Å². The fourth-order valence-corrected chi connectivity index (χ4v) is 3.07. The van der Waals surface area contributed by atoms with Crippen LogP contribution < -0.4 is 10.5 Å². The van der Waals surface area contributed by atoms with E-state index in [-0.39, 0.29) is 16.5 Å². The van der Waals surface area contributed by atoms with Crippen LogP contribution in [0.4, 0.5) is 11.6 Å². The lowest BCUT2D eigenvalue weighted by Gasteiger charge is -2.10. The number of nitrogens with one attached hydrogen (secondary N) is 1. The molecule has 1 aromatic carbocycles.